The molecular weight excluding hydrogens is 348 g/mol. The lowest BCUT2D eigenvalue weighted by atomic mass is 10.1. The van der Waals surface area contributed by atoms with Gasteiger partial charge in [0.05, 0.1) is 6.04 Å². The van der Waals surface area contributed by atoms with E-state index < -0.39 is 0 Å². The fourth-order valence-corrected chi connectivity index (χ4v) is 3.18. The second kappa shape index (κ2) is 6.79. The van der Waals surface area contributed by atoms with Crippen LogP contribution in [0, 0.1) is 6.92 Å². The lowest BCUT2D eigenvalue weighted by Crippen LogP contribution is -2.36. The summed E-state index contributed by atoms with van der Waals surface area (Å²) in [6.45, 7) is 4.56. The zero-order valence-electron chi connectivity index (χ0n) is 15.1. The molecule has 8 nitrogen and oxygen atoms in total. The number of rotatable bonds is 4. The Balaban J connectivity index is 1.49. The molecule has 1 unspecified atom stereocenters. The number of carbonyl (C=O) groups is 1. The van der Waals surface area contributed by atoms with Crippen molar-refractivity contribution >= 4 is 11.4 Å². The third-order valence-corrected chi connectivity index (χ3v) is 4.55. The average Bonchev–Trinajstić information content (AvgIpc) is 3.16. The fraction of sp³-hybridized carbons (Fsp3) is 0.316. The molecule has 1 N–H and O–H groups in total. The molecule has 1 aliphatic rings. The molecule has 0 radical (unpaired) electrons. The zero-order chi connectivity index (χ0) is 19.0. The number of nitrogens with one attached hydrogen (secondary N) is 1. The normalized spacial score (nSPS) is 14.1. The Morgan fingerprint density at radius 1 is 1.26 bits per heavy atom. The first-order chi connectivity index (χ1) is 13.0. The maximum atomic E-state index is 12.5. The van der Waals surface area contributed by atoms with Crippen molar-refractivity contribution in [2.24, 2.45) is 0 Å². The molecule has 2 aromatic heterocycles. The van der Waals surface area contributed by atoms with Crippen LogP contribution in [0.25, 0.3) is 5.52 Å². The highest BCUT2D eigenvalue weighted by atomic mass is 16.6. The number of benzene rings is 1. The molecule has 8 heteroatoms. The predicted octanol–water partition coefficient (Wildman–Crippen LogP) is 1.45. The number of fused-ring (bicyclic) bond motifs is 2. The Morgan fingerprint density at radius 3 is 2.85 bits per heavy atom. The van der Waals surface area contributed by atoms with E-state index >= 15 is 0 Å². The summed E-state index contributed by atoms with van der Waals surface area (Å²) in [7, 11) is 0. The fourth-order valence-electron chi connectivity index (χ4n) is 3.18. The minimum Gasteiger partial charge on any atom is -0.486 e. The van der Waals surface area contributed by atoms with E-state index in [-0.39, 0.29) is 24.1 Å². The molecule has 0 aliphatic carbocycles. The summed E-state index contributed by atoms with van der Waals surface area (Å²) in [5.74, 6) is 1.73. The lowest BCUT2D eigenvalue weighted by molar-refractivity contribution is -0.122. The Labute approximate surface area is 155 Å². The molecule has 3 heterocycles. The molecule has 0 saturated carbocycles. The number of amides is 1. The van der Waals surface area contributed by atoms with Gasteiger partial charge in [-0.3, -0.25) is 14.0 Å². The van der Waals surface area contributed by atoms with Gasteiger partial charge in [0.15, 0.2) is 11.5 Å². The van der Waals surface area contributed by atoms with Gasteiger partial charge in [0.25, 0.3) is 5.56 Å². The highest BCUT2D eigenvalue weighted by Gasteiger charge is 2.17. The van der Waals surface area contributed by atoms with Crippen molar-refractivity contribution in [3.05, 3.63) is 58.3 Å². The van der Waals surface area contributed by atoms with Crippen LogP contribution in [0.15, 0.2) is 41.3 Å². The van der Waals surface area contributed by atoms with Crippen molar-refractivity contribution in [2.45, 2.75) is 26.4 Å². The summed E-state index contributed by atoms with van der Waals surface area (Å²) < 4.78 is 14.0. The number of carbonyl (C=O) groups excluding carboxylic acids is 1. The number of ether oxygens (including phenoxy) is 2. The topological polar surface area (TPSA) is 86.9 Å². The molecule has 4 rings (SSSR count). The number of aromatic nitrogens is 3. The predicted molar refractivity (Wildman–Crippen MR) is 98.2 cm³/mol. The van der Waals surface area contributed by atoms with E-state index in [1.807, 2.05) is 25.1 Å². The molecule has 0 bridgehead atoms. The Kier molecular flexibility index (Phi) is 4.31. The van der Waals surface area contributed by atoms with E-state index in [1.165, 1.54) is 4.68 Å². The van der Waals surface area contributed by atoms with Crippen LogP contribution in [0.4, 0.5) is 0 Å². The van der Waals surface area contributed by atoms with Gasteiger partial charge in [-0.05, 0) is 43.7 Å². The molecule has 0 saturated heterocycles. The summed E-state index contributed by atoms with van der Waals surface area (Å²) in [5, 5.41) is 7.12. The van der Waals surface area contributed by atoms with Gasteiger partial charge in [-0.1, -0.05) is 6.07 Å². The van der Waals surface area contributed by atoms with Gasteiger partial charge in [0.1, 0.15) is 31.1 Å². The van der Waals surface area contributed by atoms with Crippen LogP contribution < -0.4 is 20.3 Å². The van der Waals surface area contributed by atoms with Crippen LogP contribution in [0.3, 0.4) is 0 Å². The molecule has 1 aliphatic heterocycles. The molecule has 27 heavy (non-hydrogen) atoms. The van der Waals surface area contributed by atoms with E-state index in [9.17, 15) is 9.59 Å². The highest BCUT2D eigenvalue weighted by Crippen LogP contribution is 2.32. The van der Waals surface area contributed by atoms with Crippen LogP contribution in [0.2, 0.25) is 0 Å². The molecule has 0 spiro atoms. The summed E-state index contributed by atoms with van der Waals surface area (Å²) in [4.78, 5) is 24.9. The van der Waals surface area contributed by atoms with E-state index in [4.69, 9.17) is 9.47 Å². The van der Waals surface area contributed by atoms with Crippen LogP contribution >= 0.6 is 0 Å². The quantitative estimate of drug-likeness (QED) is 0.753. The van der Waals surface area contributed by atoms with Gasteiger partial charge in [-0.25, -0.2) is 4.68 Å². The van der Waals surface area contributed by atoms with E-state index in [0.717, 1.165) is 5.56 Å². The van der Waals surface area contributed by atoms with Gasteiger partial charge in [-0.2, -0.15) is 5.10 Å². The van der Waals surface area contributed by atoms with Crippen molar-refractivity contribution in [3.63, 3.8) is 0 Å². The van der Waals surface area contributed by atoms with Crippen LogP contribution in [-0.4, -0.2) is 33.3 Å². The van der Waals surface area contributed by atoms with Crippen LogP contribution in [0.1, 0.15) is 24.4 Å². The Bertz CT molecular complexity index is 1070. The first kappa shape index (κ1) is 17.1. The van der Waals surface area contributed by atoms with Crippen molar-refractivity contribution in [1.29, 1.82) is 0 Å². The number of nitrogens with zero attached hydrogens (tertiary/aromatic N) is 3. The molecule has 140 valence electrons. The summed E-state index contributed by atoms with van der Waals surface area (Å²) >= 11 is 0. The first-order valence-electron chi connectivity index (χ1n) is 8.76. The molecule has 3 aromatic rings. The monoisotopic (exact) mass is 368 g/mol. The maximum absolute atomic E-state index is 12.5. The van der Waals surface area contributed by atoms with Crippen molar-refractivity contribution in [2.75, 3.05) is 13.2 Å². The Hall–Kier alpha value is -3.29. The SMILES string of the molecule is Cc1nn(CC(=O)NC(C)c2ccc3c(c2)OCCO3)c(=O)c2cccn12. The average molecular weight is 368 g/mol. The standard InChI is InChI=1S/C19H20N4O4/c1-12(14-5-6-16-17(10-14)27-9-8-26-16)20-18(24)11-23-19(25)15-4-3-7-22(15)13(2)21-23/h3-7,10,12H,8-9,11H2,1-2H3,(H,20,24). The number of hydrogen-bond donors (Lipinski definition) is 1. The smallest absolute Gasteiger partial charge is 0.291 e. The molecule has 0 fully saturated rings. The third kappa shape index (κ3) is 3.25. The highest BCUT2D eigenvalue weighted by molar-refractivity contribution is 5.76. The molecule has 1 amide bonds. The second-order valence-corrected chi connectivity index (χ2v) is 6.47. The third-order valence-electron chi connectivity index (χ3n) is 4.55. The Morgan fingerprint density at radius 2 is 2.04 bits per heavy atom. The largest absolute Gasteiger partial charge is 0.486 e. The van der Waals surface area contributed by atoms with Crippen molar-refractivity contribution in [3.8, 4) is 11.5 Å². The van der Waals surface area contributed by atoms with Crippen LogP contribution in [0.5, 0.6) is 11.5 Å². The van der Waals surface area contributed by atoms with Crippen molar-refractivity contribution in [1.82, 2.24) is 19.5 Å². The molecule has 1 atom stereocenters. The van der Waals surface area contributed by atoms with Crippen LogP contribution in [-0.2, 0) is 11.3 Å². The minimum absolute atomic E-state index is 0.143. The van der Waals surface area contributed by atoms with Crippen molar-refractivity contribution < 1.29 is 14.3 Å². The van der Waals surface area contributed by atoms with E-state index in [2.05, 4.69) is 10.4 Å². The molecule has 1 aromatic carbocycles. The van der Waals surface area contributed by atoms with Gasteiger partial charge in [0, 0.05) is 6.20 Å². The maximum Gasteiger partial charge on any atom is 0.291 e. The van der Waals surface area contributed by atoms with Gasteiger partial charge < -0.3 is 14.8 Å². The number of hydrogen-bond acceptors (Lipinski definition) is 5. The first-order valence-corrected chi connectivity index (χ1v) is 8.76. The van der Waals surface area contributed by atoms with E-state index in [1.54, 1.807) is 29.7 Å². The minimum atomic E-state index is -0.298. The summed E-state index contributed by atoms with van der Waals surface area (Å²) in [5.41, 5.74) is 1.09. The number of aryl methyl sites for hydroxylation is 1. The van der Waals surface area contributed by atoms with Gasteiger partial charge in [0.2, 0.25) is 5.91 Å². The van der Waals surface area contributed by atoms with Gasteiger partial charge >= 0.3 is 0 Å². The molecular formula is C19H20N4O4. The zero-order valence-corrected chi connectivity index (χ0v) is 15.1. The second-order valence-electron chi connectivity index (χ2n) is 6.47. The van der Waals surface area contributed by atoms with Gasteiger partial charge in [-0.15, -0.1) is 0 Å². The van der Waals surface area contributed by atoms with E-state index in [0.29, 0.717) is 36.1 Å². The lowest BCUT2D eigenvalue weighted by Gasteiger charge is -2.21. The summed E-state index contributed by atoms with van der Waals surface area (Å²) in [6.07, 6.45) is 1.77. The summed E-state index contributed by atoms with van der Waals surface area (Å²) in [6, 6.07) is 8.83.